The van der Waals surface area contributed by atoms with E-state index in [9.17, 15) is 17.2 Å². The van der Waals surface area contributed by atoms with E-state index in [0.717, 1.165) is 0 Å². The molecule has 0 aliphatic carbocycles. The average Bonchev–Trinajstić information content (AvgIpc) is 1.83. The zero-order valence-corrected chi connectivity index (χ0v) is 7.12. The van der Waals surface area contributed by atoms with Crippen LogP contribution in [0.2, 0.25) is 0 Å². The van der Waals surface area contributed by atoms with Crippen LogP contribution in [0.1, 0.15) is 13.8 Å². The van der Waals surface area contributed by atoms with E-state index < -0.39 is 22.6 Å². The van der Waals surface area contributed by atoms with Crippen molar-refractivity contribution >= 4 is 10.1 Å². The van der Waals surface area contributed by atoms with Crippen molar-refractivity contribution in [3.05, 3.63) is 0 Å². The molecule has 0 saturated heterocycles. The minimum atomic E-state index is -3.73. The molecular formula is C5H10F2O3S. The maximum Gasteiger partial charge on any atom is 0.269 e. The first-order valence-corrected chi connectivity index (χ1v) is 4.59. The fraction of sp³-hybridized carbons (Fsp3) is 1.00. The van der Waals surface area contributed by atoms with Gasteiger partial charge in [-0.2, -0.15) is 8.42 Å². The monoisotopic (exact) mass is 188 g/mol. The lowest BCUT2D eigenvalue weighted by Crippen LogP contribution is -2.22. The lowest BCUT2D eigenvalue weighted by atomic mass is 10.4. The molecule has 0 aliphatic heterocycles. The number of rotatable bonds is 4. The maximum atomic E-state index is 12.0. The van der Waals surface area contributed by atoms with Crippen LogP contribution in [0.15, 0.2) is 0 Å². The van der Waals surface area contributed by atoms with Crippen molar-refractivity contribution in [2.75, 3.05) is 12.4 Å². The van der Waals surface area contributed by atoms with Crippen LogP contribution in [0.5, 0.6) is 0 Å². The van der Waals surface area contributed by atoms with Gasteiger partial charge in [-0.15, -0.1) is 0 Å². The third-order valence-electron chi connectivity index (χ3n) is 0.845. The van der Waals surface area contributed by atoms with E-state index >= 15 is 0 Å². The lowest BCUT2D eigenvalue weighted by molar-refractivity contribution is -0.0210. The second-order valence-electron chi connectivity index (χ2n) is 2.18. The van der Waals surface area contributed by atoms with Crippen LogP contribution in [0.25, 0.3) is 0 Å². The molecule has 0 aromatic carbocycles. The van der Waals surface area contributed by atoms with Crippen molar-refractivity contribution in [2.24, 2.45) is 0 Å². The van der Waals surface area contributed by atoms with E-state index in [1.807, 2.05) is 0 Å². The largest absolute Gasteiger partial charge is 0.269 e. The molecule has 0 aromatic heterocycles. The molecule has 6 heteroatoms. The molecule has 0 amide bonds. The van der Waals surface area contributed by atoms with Crippen molar-refractivity contribution in [3.63, 3.8) is 0 Å². The molecule has 0 aliphatic rings. The normalized spacial score (nSPS) is 13.5. The Morgan fingerprint density at radius 3 is 2.18 bits per heavy atom. The second kappa shape index (κ2) is 3.44. The minimum Gasteiger partial charge on any atom is -0.264 e. The third-order valence-corrected chi connectivity index (χ3v) is 2.03. The van der Waals surface area contributed by atoms with E-state index in [0.29, 0.717) is 6.92 Å². The zero-order valence-electron chi connectivity index (χ0n) is 6.30. The first-order valence-electron chi connectivity index (χ1n) is 3.02. The van der Waals surface area contributed by atoms with E-state index in [1.54, 1.807) is 0 Å². The molecule has 0 unspecified atom stereocenters. The van der Waals surface area contributed by atoms with Crippen LogP contribution in [-0.4, -0.2) is 26.7 Å². The third kappa shape index (κ3) is 6.18. The van der Waals surface area contributed by atoms with Gasteiger partial charge in [0.1, 0.15) is 6.61 Å². The Labute approximate surface area is 64.5 Å². The van der Waals surface area contributed by atoms with Crippen molar-refractivity contribution in [3.8, 4) is 0 Å². The Bertz CT molecular complexity index is 204. The van der Waals surface area contributed by atoms with Gasteiger partial charge in [-0.3, -0.25) is 4.18 Å². The molecule has 0 saturated carbocycles. The van der Waals surface area contributed by atoms with Gasteiger partial charge < -0.3 is 0 Å². The first-order chi connectivity index (χ1) is 4.77. The van der Waals surface area contributed by atoms with E-state index in [2.05, 4.69) is 4.18 Å². The molecule has 0 rings (SSSR count). The number of hydrogen-bond acceptors (Lipinski definition) is 3. The Kier molecular flexibility index (Phi) is 3.37. The van der Waals surface area contributed by atoms with E-state index in [1.165, 1.54) is 6.92 Å². The molecule has 0 N–H and O–H groups in total. The molecule has 11 heavy (non-hydrogen) atoms. The van der Waals surface area contributed by atoms with Gasteiger partial charge in [-0.05, 0) is 6.92 Å². The average molecular weight is 188 g/mol. The predicted molar refractivity (Wildman–Crippen MR) is 36.0 cm³/mol. The molecule has 3 nitrogen and oxygen atoms in total. The highest BCUT2D eigenvalue weighted by Crippen LogP contribution is 2.12. The predicted octanol–water partition coefficient (Wildman–Crippen LogP) is 1.01. The fourth-order valence-electron chi connectivity index (χ4n) is 0.277. The molecule has 0 atom stereocenters. The van der Waals surface area contributed by atoms with Crippen LogP contribution >= 0.6 is 0 Å². The lowest BCUT2D eigenvalue weighted by Gasteiger charge is -2.09. The topological polar surface area (TPSA) is 43.4 Å². The van der Waals surface area contributed by atoms with E-state index in [4.69, 9.17) is 0 Å². The molecule has 0 aromatic rings. The standard InChI is InChI=1S/C5H10F2O3S/c1-3-11(8,9)10-4-5(2,6)7/h3-4H2,1-2H3. The summed E-state index contributed by atoms with van der Waals surface area (Å²) in [5, 5.41) is 0. The van der Waals surface area contributed by atoms with Crippen molar-refractivity contribution < 1.29 is 21.4 Å². The summed E-state index contributed by atoms with van der Waals surface area (Å²) in [5.74, 6) is -3.38. The first kappa shape index (κ1) is 10.8. The van der Waals surface area contributed by atoms with Crippen LogP contribution in [0.3, 0.4) is 0 Å². The molecule has 0 spiro atoms. The Morgan fingerprint density at radius 2 is 1.91 bits per heavy atom. The van der Waals surface area contributed by atoms with Gasteiger partial charge >= 0.3 is 0 Å². The molecule has 0 heterocycles. The van der Waals surface area contributed by atoms with Gasteiger partial charge in [0.2, 0.25) is 0 Å². The SMILES string of the molecule is CCS(=O)(=O)OCC(C)(F)F. The quantitative estimate of drug-likeness (QED) is 0.618. The Balaban J connectivity index is 3.91. The van der Waals surface area contributed by atoms with Crippen LogP contribution < -0.4 is 0 Å². The molecular weight excluding hydrogens is 178 g/mol. The van der Waals surface area contributed by atoms with Gasteiger partial charge in [0.15, 0.2) is 0 Å². The number of alkyl halides is 2. The maximum absolute atomic E-state index is 12.0. The molecule has 0 bridgehead atoms. The van der Waals surface area contributed by atoms with Crippen LogP contribution in [0, 0.1) is 0 Å². The minimum absolute atomic E-state index is 0.289. The smallest absolute Gasteiger partial charge is 0.264 e. The second-order valence-corrected chi connectivity index (χ2v) is 4.11. The summed E-state index contributed by atoms with van der Waals surface area (Å²) in [7, 11) is -3.73. The Hall–Kier alpha value is -0.230. The highest BCUT2D eigenvalue weighted by atomic mass is 32.2. The summed E-state index contributed by atoms with van der Waals surface area (Å²) in [4.78, 5) is 0. The zero-order chi connectivity index (χ0) is 9.12. The van der Waals surface area contributed by atoms with Gasteiger partial charge in [0.25, 0.3) is 16.0 Å². The summed E-state index contributed by atoms with van der Waals surface area (Å²) in [6.45, 7) is 0.838. The van der Waals surface area contributed by atoms with Crippen LogP contribution in [0.4, 0.5) is 8.78 Å². The number of hydrogen-bond donors (Lipinski definition) is 0. The van der Waals surface area contributed by atoms with Gasteiger partial charge in [0, 0.05) is 6.92 Å². The summed E-state index contributed by atoms with van der Waals surface area (Å²) in [6, 6.07) is 0. The summed E-state index contributed by atoms with van der Waals surface area (Å²) >= 11 is 0. The van der Waals surface area contributed by atoms with Crippen molar-refractivity contribution in [1.29, 1.82) is 0 Å². The molecule has 68 valence electrons. The van der Waals surface area contributed by atoms with E-state index in [-0.39, 0.29) is 5.75 Å². The van der Waals surface area contributed by atoms with Gasteiger partial charge in [-0.25, -0.2) is 8.78 Å². The highest BCUT2D eigenvalue weighted by Gasteiger charge is 2.24. The van der Waals surface area contributed by atoms with Gasteiger partial charge in [-0.1, -0.05) is 0 Å². The van der Waals surface area contributed by atoms with Crippen LogP contribution in [-0.2, 0) is 14.3 Å². The van der Waals surface area contributed by atoms with Crippen molar-refractivity contribution in [1.82, 2.24) is 0 Å². The fourth-order valence-corrected chi connectivity index (χ4v) is 0.830. The highest BCUT2D eigenvalue weighted by molar-refractivity contribution is 7.86. The molecule has 0 radical (unpaired) electrons. The van der Waals surface area contributed by atoms with Crippen molar-refractivity contribution in [2.45, 2.75) is 19.8 Å². The number of halogens is 2. The Morgan fingerprint density at radius 1 is 1.45 bits per heavy atom. The van der Waals surface area contributed by atoms with Gasteiger partial charge in [0.05, 0.1) is 5.75 Å². The summed E-state index contributed by atoms with van der Waals surface area (Å²) < 4.78 is 48.9. The summed E-state index contributed by atoms with van der Waals surface area (Å²) in [6.07, 6.45) is 0. The summed E-state index contributed by atoms with van der Waals surface area (Å²) in [5.41, 5.74) is 0. The molecule has 0 fully saturated rings.